The highest BCUT2D eigenvalue weighted by Gasteiger charge is 2.28. The van der Waals surface area contributed by atoms with Crippen molar-refractivity contribution in [2.75, 3.05) is 18.1 Å². The lowest BCUT2D eigenvalue weighted by molar-refractivity contribution is 0.0943. The summed E-state index contributed by atoms with van der Waals surface area (Å²) in [5.41, 5.74) is 1.13. The van der Waals surface area contributed by atoms with Crippen molar-refractivity contribution in [3.8, 4) is 10.6 Å². The molecule has 1 atom stereocenters. The fourth-order valence-corrected chi connectivity index (χ4v) is 5.20. The number of nitrogens with one attached hydrogen (secondary N) is 2. The zero-order valence-electron chi connectivity index (χ0n) is 12.1. The SMILES string of the molecule is Cc1ccc(-c2cc(C(=O)NC[C@@H]3CCS(=O)(=O)C3)n[nH]2)s1. The summed E-state index contributed by atoms with van der Waals surface area (Å²) >= 11 is 1.63. The largest absolute Gasteiger partial charge is 0.350 e. The van der Waals surface area contributed by atoms with Gasteiger partial charge < -0.3 is 5.32 Å². The second-order valence-electron chi connectivity index (χ2n) is 5.56. The topological polar surface area (TPSA) is 91.9 Å². The molecule has 2 N–H and O–H groups in total. The van der Waals surface area contributed by atoms with Gasteiger partial charge in [-0.2, -0.15) is 5.10 Å². The minimum absolute atomic E-state index is 0.00677. The van der Waals surface area contributed by atoms with Gasteiger partial charge in [0.05, 0.1) is 22.1 Å². The van der Waals surface area contributed by atoms with Crippen LogP contribution in [-0.4, -0.2) is 42.6 Å². The molecular formula is C14H17N3O3S2. The van der Waals surface area contributed by atoms with Crippen LogP contribution >= 0.6 is 11.3 Å². The predicted octanol–water partition coefficient (Wildman–Crippen LogP) is 1.61. The van der Waals surface area contributed by atoms with Crippen molar-refractivity contribution in [3.05, 3.63) is 28.8 Å². The zero-order chi connectivity index (χ0) is 15.7. The van der Waals surface area contributed by atoms with Gasteiger partial charge in [0.25, 0.3) is 5.91 Å². The second-order valence-corrected chi connectivity index (χ2v) is 9.07. The predicted molar refractivity (Wildman–Crippen MR) is 85.7 cm³/mol. The molecule has 0 unspecified atom stereocenters. The molecule has 1 aliphatic heterocycles. The van der Waals surface area contributed by atoms with E-state index in [4.69, 9.17) is 0 Å². The number of aromatic amines is 1. The number of aryl methyl sites for hydroxylation is 1. The maximum atomic E-state index is 12.1. The molecule has 1 amide bonds. The van der Waals surface area contributed by atoms with Crippen LogP contribution in [0.4, 0.5) is 0 Å². The molecule has 3 rings (SSSR count). The van der Waals surface area contributed by atoms with Gasteiger partial charge in [0.15, 0.2) is 15.5 Å². The Labute approximate surface area is 132 Å². The molecule has 0 spiro atoms. The van der Waals surface area contributed by atoms with E-state index in [1.807, 2.05) is 19.1 Å². The molecular weight excluding hydrogens is 322 g/mol. The van der Waals surface area contributed by atoms with Gasteiger partial charge in [-0.15, -0.1) is 11.3 Å². The van der Waals surface area contributed by atoms with Gasteiger partial charge in [0.2, 0.25) is 0 Å². The Bertz CT molecular complexity index is 792. The van der Waals surface area contributed by atoms with E-state index in [0.717, 1.165) is 10.6 Å². The second kappa shape index (κ2) is 5.85. The van der Waals surface area contributed by atoms with E-state index in [9.17, 15) is 13.2 Å². The smallest absolute Gasteiger partial charge is 0.271 e. The maximum absolute atomic E-state index is 12.1. The van der Waals surface area contributed by atoms with Crippen LogP contribution in [0.25, 0.3) is 10.6 Å². The van der Waals surface area contributed by atoms with Crippen LogP contribution in [0.2, 0.25) is 0 Å². The van der Waals surface area contributed by atoms with Gasteiger partial charge in [0, 0.05) is 11.4 Å². The van der Waals surface area contributed by atoms with Gasteiger partial charge in [0.1, 0.15) is 0 Å². The lowest BCUT2D eigenvalue weighted by Gasteiger charge is -2.07. The summed E-state index contributed by atoms with van der Waals surface area (Å²) in [4.78, 5) is 14.3. The summed E-state index contributed by atoms with van der Waals surface area (Å²) in [6.07, 6.45) is 0.614. The van der Waals surface area contributed by atoms with E-state index < -0.39 is 9.84 Å². The quantitative estimate of drug-likeness (QED) is 0.885. The normalized spacial score (nSPS) is 20.1. The first-order chi connectivity index (χ1) is 10.4. The Morgan fingerprint density at radius 1 is 1.50 bits per heavy atom. The summed E-state index contributed by atoms with van der Waals surface area (Å²) in [5, 5.41) is 9.65. The van der Waals surface area contributed by atoms with E-state index in [2.05, 4.69) is 15.5 Å². The van der Waals surface area contributed by atoms with Crippen molar-refractivity contribution in [3.63, 3.8) is 0 Å². The Hall–Kier alpha value is -1.67. The van der Waals surface area contributed by atoms with Crippen LogP contribution in [0.3, 0.4) is 0 Å². The van der Waals surface area contributed by atoms with Crippen molar-refractivity contribution >= 4 is 27.1 Å². The summed E-state index contributed by atoms with van der Waals surface area (Å²) in [5.74, 6) is 0.109. The van der Waals surface area contributed by atoms with Crippen molar-refractivity contribution in [2.24, 2.45) is 5.92 Å². The fourth-order valence-electron chi connectivity index (χ4n) is 2.50. The summed E-state index contributed by atoms with van der Waals surface area (Å²) in [6.45, 7) is 2.40. The minimum atomic E-state index is -2.91. The number of nitrogens with zero attached hydrogens (tertiary/aromatic N) is 1. The molecule has 6 nitrogen and oxygen atoms in total. The first-order valence-electron chi connectivity index (χ1n) is 7.04. The van der Waals surface area contributed by atoms with Gasteiger partial charge in [-0.3, -0.25) is 9.89 Å². The molecule has 0 aliphatic carbocycles. The number of amides is 1. The zero-order valence-corrected chi connectivity index (χ0v) is 13.8. The molecule has 1 saturated heterocycles. The third-order valence-electron chi connectivity index (χ3n) is 3.69. The van der Waals surface area contributed by atoms with Gasteiger partial charge in [-0.05, 0) is 37.5 Å². The highest BCUT2D eigenvalue weighted by molar-refractivity contribution is 7.91. The molecule has 118 valence electrons. The van der Waals surface area contributed by atoms with Gasteiger partial charge in [-0.25, -0.2) is 8.42 Å². The Morgan fingerprint density at radius 2 is 2.32 bits per heavy atom. The Balaban J connectivity index is 1.60. The lowest BCUT2D eigenvalue weighted by atomic mass is 10.1. The van der Waals surface area contributed by atoms with Crippen LogP contribution < -0.4 is 5.32 Å². The molecule has 2 aromatic heterocycles. The summed E-state index contributed by atoms with van der Waals surface area (Å²) in [7, 11) is -2.91. The lowest BCUT2D eigenvalue weighted by Crippen LogP contribution is -2.30. The van der Waals surface area contributed by atoms with Crippen LogP contribution in [0.1, 0.15) is 21.8 Å². The molecule has 3 heterocycles. The Morgan fingerprint density at radius 3 is 2.95 bits per heavy atom. The molecule has 0 saturated carbocycles. The van der Waals surface area contributed by atoms with Gasteiger partial charge in [-0.1, -0.05) is 0 Å². The molecule has 8 heteroatoms. The summed E-state index contributed by atoms with van der Waals surface area (Å²) in [6, 6.07) is 5.71. The number of rotatable bonds is 4. The van der Waals surface area contributed by atoms with Crippen LogP contribution in [0.15, 0.2) is 18.2 Å². The number of sulfone groups is 1. The van der Waals surface area contributed by atoms with E-state index in [1.165, 1.54) is 4.88 Å². The molecule has 2 aromatic rings. The average molecular weight is 339 g/mol. The Kier molecular flexibility index (Phi) is 4.05. The van der Waals surface area contributed by atoms with Crippen molar-refractivity contribution in [1.82, 2.24) is 15.5 Å². The fraction of sp³-hybridized carbons (Fsp3) is 0.429. The first-order valence-corrected chi connectivity index (χ1v) is 9.67. The number of aromatic nitrogens is 2. The molecule has 0 radical (unpaired) electrons. The molecule has 0 bridgehead atoms. The number of thiophene rings is 1. The minimum Gasteiger partial charge on any atom is -0.350 e. The van der Waals surface area contributed by atoms with E-state index in [0.29, 0.717) is 18.7 Å². The van der Waals surface area contributed by atoms with Crippen molar-refractivity contribution in [1.29, 1.82) is 0 Å². The molecule has 0 aromatic carbocycles. The number of hydrogen-bond donors (Lipinski definition) is 2. The van der Waals surface area contributed by atoms with E-state index >= 15 is 0 Å². The molecule has 1 fully saturated rings. The van der Waals surface area contributed by atoms with Crippen molar-refractivity contribution < 1.29 is 13.2 Å². The highest BCUT2D eigenvalue weighted by Crippen LogP contribution is 2.26. The number of hydrogen-bond acceptors (Lipinski definition) is 5. The monoisotopic (exact) mass is 339 g/mol. The number of carbonyl (C=O) groups is 1. The third kappa shape index (κ3) is 3.38. The number of carbonyl (C=O) groups excluding carboxylic acids is 1. The standard InChI is InChI=1S/C14H17N3O3S2/c1-9-2-3-13(21-9)11-6-12(17-16-11)14(18)15-7-10-4-5-22(19,20)8-10/h2-3,6,10H,4-5,7-8H2,1H3,(H,15,18)(H,16,17)/t10-/m0/s1. The average Bonchev–Trinajstić information content (AvgIpc) is 3.15. The number of H-pyrrole nitrogens is 1. The summed E-state index contributed by atoms with van der Waals surface area (Å²) < 4.78 is 22.8. The van der Waals surface area contributed by atoms with E-state index in [1.54, 1.807) is 17.4 Å². The highest BCUT2D eigenvalue weighted by atomic mass is 32.2. The maximum Gasteiger partial charge on any atom is 0.271 e. The molecule has 1 aliphatic rings. The van der Waals surface area contributed by atoms with Crippen molar-refractivity contribution in [2.45, 2.75) is 13.3 Å². The van der Waals surface area contributed by atoms with Crippen LogP contribution in [-0.2, 0) is 9.84 Å². The van der Waals surface area contributed by atoms with Gasteiger partial charge >= 0.3 is 0 Å². The first kappa shape index (κ1) is 15.2. The molecule has 22 heavy (non-hydrogen) atoms. The van der Waals surface area contributed by atoms with Crippen LogP contribution in [0.5, 0.6) is 0 Å². The van der Waals surface area contributed by atoms with E-state index in [-0.39, 0.29) is 23.3 Å². The van der Waals surface area contributed by atoms with Crippen LogP contribution in [0, 0.1) is 12.8 Å². The third-order valence-corrected chi connectivity index (χ3v) is 6.57.